The molecule has 0 spiro atoms. The van der Waals surface area contributed by atoms with Gasteiger partial charge in [-0.3, -0.25) is 0 Å². The van der Waals surface area contributed by atoms with Gasteiger partial charge in [-0.15, -0.1) is 0 Å². The highest BCUT2D eigenvalue weighted by molar-refractivity contribution is 5.69. The number of nitrogens with one attached hydrogen (secondary N) is 1. The van der Waals surface area contributed by atoms with Gasteiger partial charge in [-0.1, -0.05) is 0 Å². The number of hydrogen-bond acceptors (Lipinski definition) is 4. The lowest BCUT2D eigenvalue weighted by atomic mass is 10.2. The molecule has 0 aromatic carbocycles. The van der Waals surface area contributed by atoms with Crippen LogP contribution in [0.1, 0.15) is 5.82 Å². The van der Waals surface area contributed by atoms with E-state index in [1.807, 2.05) is 12.1 Å². The van der Waals surface area contributed by atoms with Crippen LogP contribution in [0.2, 0.25) is 0 Å². The molecule has 1 atom stereocenters. The maximum absolute atomic E-state index is 9.33. The molecule has 5 nitrogen and oxygen atoms in total. The van der Waals surface area contributed by atoms with Gasteiger partial charge in [-0.05, 0) is 12.1 Å². The third-order valence-corrected chi connectivity index (χ3v) is 2.01. The number of imidazole rings is 1. The lowest BCUT2D eigenvalue weighted by molar-refractivity contribution is 0.181. The highest BCUT2D eigenvalue weighted by Gasteiger charge is 2.07. The van der Waals surface area contributed by atoms with Crippen molar-refractivity contribution < 1.29 is 5.11 Å². The molecule has 74 valence electrons. The number of hydrogen-bond donors (Lipinski definition) is 3. The monoisotopic (exact) mass is 192 g/mol. The van der Waals surface area contributed by atoms with E-state index < -0.39 is 6.10 Å². The first kappa shape index (κ1) is 9.11. The Morgan fingerprint density at radius 2 is 2.43 bits per heavy atom. The zero-order valence-electron chi connectivity index (χ0n) is 7.64. The van der Waals surface area contributed by atoms with Gasteiger partial charge in [0.25, 0.3) is 0 Å². The van der Waals surface area contributed by atoms with Crippen LogP contribution in [0, 0.1) is 0 Å². The number of pyridine rings is 1. The molecule has 4 N–H and O–H groups in total. The molecular weight excluding hydrogens is 180 g/mol. The van der Waals surface area contributed by atoms with E-state index >= 15 is 0 Å². The van der Waals surface area contributed by atoms with Gasteiger partial charge in [0.15, 0.2) is 5.65 Å². The summed E-state index contributed by atoms with van der Waals surface area (Å²) < 4.78 is 0. The highest BCUT2D eigenvalue weighted by Crippen LogP contribution is 2.08. The molecule has 0 amide bonds. The highest BCUT2D eigenvalue weighted by atomic mass is 16.3. The van der Waals surface area contributed by atoms with Crippen LogP contribution in [0.5, 0.6) is 0 Å². The largest absolute Gasteiger partial charge is 0.391 e. The average Bonchev–Trinajstić information content (AvgIpc) is 2.59. The van der Waals surface area contributed by atoms with E-state index in [9.17, 15) is 5.11 Å². The third kappa shape index (κ3) is 1.73. The standard InChI is InChI=1S/C9H12N4O/c10-5-6(14)4-8-12-7-2-1-3-11-9(7)13-8/h1-3,6,14H,4-5,10H2,(H,11,12,13). The Morgan fingerprint density at radius 3 is 3.14 bits per heavy atom. The van der Waals surface area contributed by atoms with Crippen molar-refractivity contribution in [1.29, 1.82) is 0 Å². The van der Waals surface area contributed by atoms with Crippen LogP contribution in [0.15, 0.2) is 18.3 Å². The van der Waals surface area contributed by atoms with Crippen molar-refractivity contribution in [2.24, 2.45) is 5.73 Å². The lowest BCUT2D eigenvalue weighted by Gasteiger charge is -2.02. The fourth-order valence-corrected chi connectivity index (χ4v) is 1.30. The smallest absolute Gasteiger partial charge is 0.177 e. The molecule has 0 saturated heterocycles. The van der Waals surface area contributed by atoms with Crippen molar-refractivity contribution in [1.82, 2.24) is 15.0 Å². The van der Waals surface area contributed by atoms with Gasteiger partial charge < -0.3 is 15.8 Å². The molecule has 2 aromatic heterocycles. The van der Waals surface area contributed by atoms with E-state index in [2.05, 4.69) is 15.0 Å². The molecule has 0 saturated carbocycles. The molecule has 0 radical (unpaired) electrons. The van der Waals surface area contributed by atoms with Gasteiger partial charge in [0.1, 0.15) is 5.82 Å². The van der Waals surface area contributed by atoms with Crippen LogP contribution >= 0.6 is 0 Å². The second-order valence-electron chi connectivity index (χ2n) is 3.15. The number of nitrogens with two attached hydrogens (primary N) is 1. The minimum Gasteiger partial charge on any atom is -0.391 e. The number of nitrogens with zero attached hydrogens (tertiary/aromatic N) is 2. The summed E-state index contributed by atoms with van der Waals surface area (Å²) in [7, 11) is 0. The number of aromatic nitrogens is 3. The zero-order valence-corrected chi connectivity index (χ0v) is 7.64. The molecule has 0 bridgehead atoms. The van der Waals surface area contributed by atoms with Gasteiger partial charge in [0, 0.05) is 19.2 Å². The van der Waals surface area contributed by atoms with Gasteiger partial charge in [0.2, 0.25) is 0 Å². The second kappa shape index (κ2) is 3.73. The molecule has 0 aliphatic heterocycles. The van der Waals surface area contributed by atoms with E-state index in [0.29, 0.717) is 12.1 Å². The van der Waals surface area contributed by atoms with Crippen molar-refractivity contribution in [3.8, 4) is 0 Å². The Kier molecular flexibility index (Phi) is 2.43. The molecule has 2 aromatic rings. The molecule has 0 fully saturated rings. The molecular formula is C9H12N4O. The second-order valence-corrected chi connectivity index (χ2v) is 3.15. The fourth-order valence-electron chi connectivity index (χ4n) is 1.30. The maximum Gasteiger partial charge on any atom is 0.177 e. The summed E-state index contributed by atoms with van der Waals surface area (Å²) in [6, 6.07) is 3.73. The van der Waals surface area contributed by atoms with E-state index in [0.717, 1.165) is 11.3 Å². The van der Waals surface area contributed by atoms with Crippen LogP contribution in [-0.4, -0.2) is 32.7 Å². The zero-order chi connectivity index (χ0) is 9.97. The molecule has 5 heteroatoms. The Balaban J connectivity index is 2.27. The summed E-state index contributed by atoms with van der Waals surface area (Å²) in [4.78, 5) is 11.4. The SMILES string of the molecule is NCC(O)Cc1nc2ncccc2[nH]1. The first-order valence-electron chi connectivity index (χ1n) is 4.47. The van der Waals surface area contributed by atoms with Gasteiger partial charge in [-0.2, -0.15) is 0 Å². The van der Waals surface area contributed by atoms with Gasteiger partial charge in [-0.25, -0.2) is 9.97 Å². The van der Waals surface area contributed by atoms with Gasteiger partial charge >= 0.3 is 0 Å². The van der Waals surface area contributed by atoms with Crippen molar-refractivity contribution in [3.05, 3.63) is 24.2 Å². The average molecular weight is 192 g/mol. The summed E-state index contributed by atoms with van der Waals surface area (Å²) in [6.07, 6.45) is 1.58. The van der Waals surface area contributed by atoms with E-state index in [1.165, 1.54) is 0 Å². The lowest BCUT2D eigenvalue weighted by Crippen LogP contribution is -2.22. The van der Waals surface area contributed by atoms with Crippen LogP contribution in [0.3, 0.4) is 0 Å². The number of fused-ring (bicyclic) bond motifs is 1. The summed E-state index contributed by atoms with van der Waals surface area (Å²) in [5.74, 6) is 0.719. The van der Waals surface area contributed by atoms with Crippen LogP contribution in [0.4, 0.5) is 0 Å². The minimum atomic E-state index is -0.546. The molecule has 1 unspecified atom stereocenters. The van der Waals surface area contributed by atoms with Crippen molar-refractivity contribution in [2.45, 2.75) is 12.5 Å². The predicted molar refractivity (Wildman–Crippen MR) is 52.7 cm³/mol. The minimum absolute atomic E-state index is 0.241. The number of H-pyrrole nitrogens is 1. The van der Waals surface area contributed by atoms with E-state index in [4.69, 9.17) is 5.73 Å². The summed E-state index contributed by atoms with van der Waals surface area (Å²) >= 11 is 0. The fraction of sp³-hybridized carbons (Fsp3) is 0.333. The van der Waals surface area contributed by atoms with Crippen LogP contribution in [0.25, 0.3) is 11.2 Å². The van der Waals surface area contributed by atoms with Crippen molar-refractivity contribution in [3.63, 3.8) is 0 Å². The molecule has 14 heavy (non-hydrogen) atoms. The Bertz CT molecular complexity index is 392. The van der Waals surface area contributed by atoms with Gasteiger partial charge in [0.05, 0.1) is 11.6 Å². The normalized spacial score (nSPS) is 13.3. The van der Waals surface area contributed by atoms with Crippen molar-refractivity contribution >= 4 is 11.2 Å². The number of aromatic amines is 1. The summed E-state index contributed by atoms with van der Waals surface area (Å²) in [6.45, 7) is 0.241. The molecule has 2 heterocycles. The first-order chi connectivity index (χ1) is 6.79. The third-order valence-electron chi connectivity index (χ3n) is 2.01. The van der Waals surface area contributed by atoms with Crippen LogP contribution < -0.4 is 5.73 Å². The van der Waals surface area contributed by atoms with Crippen molar-refractivity contribution in [2.75, 3.05) is 6.54 Å². The summed E-state index contributed by atoms with van der Waals surface area (Å²) in [5, 5.41) is 9.33. The quantitative estimate of drug-likeness (QED) is 0.629. The maximum atomic E-state index is 9.33. The summed E-state index contributed by atoms with van der Waals surface area (Å²) in [5.41, 5.74) is 6.86. The Hall–Kier alpha value is -1.46. The Morgan fingerprint density at radius 1 is 1.57 bits per heavy atom. The predicted octanol–water partition coefficient (Wildman–Crippen LogP) is -0.180. The molecule has 0 aliphatic rings. The topological polar surface area (TPSA) is 87.8 Å². The van der Waals surface area contributed by atoms with Crippen LogP contribution in [-0.2, 0) is 6.42 Å². The van der Waals surface area contributed by atoms with E-state index in [1.54, 1.807) is 6.20 Å². The number of aliphatic hydroxyl groups is 1. The first-order valence-corrected chi connectivity index (χ1v) is 4.47. The molecule has 0 aliphatic carbocycles. The molecule has 2 rings (SSSR count). The number of rotatable bonds is 3. The number of aliphatic hydroxyl groups excluding tert-OH is 1. The van der Waals surface area contributed by atoms with E-state index in [-0.39, 0.29) is 6.54 Å². The Labute approximate surface area is 81.0 Å².